The molecule has 0 bridgehead atoms. The summed E-state index contributed by atoms with van der Waals surface area (Å²) in [5.41, 5.74) is 0.976. The Kier molecular flexibility index (Phi) is 4.10. The van der Waals surface area contributed by atoms with Gasteiger partial charge in [0.25, 0.3) is 5.24 Å². The van der Waals surface area contributed by atoms with Crippen molar-refractivity contribution >= 4 is 33.7 Å². The van der Waals surface area contributed by atoms with E-state index in [4.69, 9.17) is 4.74 Å². The highest BCUT2D eigenvalue weighted by atomic mass is 32.2. The van der Waals surface area contributed by atoms with Crippen LogP contribution in [0.25, 0.3) is 10.8 Å². The van der Waals surface area contributed by atoms with E-state index < -0.39 is 0 Å². The van der Waals surface area contributed by atoms with Crippen LogP contribution in [0.2, 0.25) is 0 Å². The van der Waals surface area contributed by atoms with E-state index in [0.29, 0.717) is 6.54 Å². The van der Waals surface area contributed by atoms with Gasteiger partial charge < -0.3 is 9.64 Å². The maximum Gasteiger partial charge on any atom is 0.326 e. The number of thioether (sulfide) groups is 1. The summed E-state index contributed by atoms with van der Waals surface area (Å²) < 4.78 is 5.30. The van der Waals surface area contributed by atoms with E-state index in [1.54, 1.807) is 0 Å². The number of fused-ring (bicyclic) bond motifs is 1. The first kappa shape index (κ1) is 13.9. The maximum atomic E-state index is 11.8. The molecule has 0 saturated carbocycles. The Labute approximate surface area is 127 Å². The van der Waals surface area contributed by atoms with E-state index >= 15 is 0 Å². The van der Waals surface area contributed by atoms with Crippen molar-refractivity contribution in [3.8, 4) is 0 Å². The van der Waals surface area contributed by atoms with Gasteiger partial charge in [-0.1, -0.05) is 54.2 Å². The van der Waals surface area contributed by atoms with Crippen LogP contribution in [0.4, 0.5) is 4.79 Å². The summed E-state index contributed by atoms with van der Waals surface area (Å²) in [6.07, 6.45) is 0. The summed E-state index contributed by atoms with van der Waals surface area (Å²) in [4.78, 5) is 24.8. The number of carbonyl (C=O) groups excluding carboxylic acids is 2. The maximum absolute atomic E-state index is 11.8. The van der Waals surface area contributed by atoms with Gasteiger partial charge in [0.05, 0.1) is 0 Å². The summed E-state index contributed by atoms with van der Waals surface area (Å²) >= 11 is 1.24. The molecule has 0 radical (unpaired) electrons. The predicted octanol–water partition coefficient (Wildman–Crippen LogP) is 3.05. The molecule has 1 heterocycles. The van der Waals surface area contributed by atoms with Gasteiger partial charge >= 0.3 is 5.97 Å². The van der Waals surface area contributed by atoms with E-state index in [2.05, 4.69) is 0 Å². The van der Waals surface area contributed by atoms with Crippen molar-refractivity contribution in [1.82, 2.24) is 4.90 Å². The Hall–Kier alpha value is -2.01. The Balaban J connectivity index is 1.63. The topological polar surface area (TPSA) is 46.6 Å². The SMILES string of the molecule is O=C(CN1CCSC1=O)OCc1cccc2ccccc12. The minimum absolute atomic E-state index is 0.0383. The van der Waals surface area contributed by atoms with Crippen molar-refractivity contribution in [3.63, 3.8) is 0 Å². The highest BCUT2D eigenvalue weighted by molar-refractivity contribution is 8.13. The fraction of sp³-hybridized carbons (Fsp3) is 0.250. The lowest BCUT2D eigenvalue weighted by atomic mass is 10.1. The summed E-state index contributed by atoms with van der Waals surface area (Å²) in [5, 5.41) is 2.16. The molecular weight excluding hydrogens is 286 g/mol. The fourth-order valence-corrected chi connectivity index (χ4v) is 3.17. The lowest BCUT2D eigenvalue weighted by Crippen LogP contribution is -2.30. The molecular formula is C16H15NO3S. The molecule has 21 heavy (non-hydrogen) atoms. The third kappa shape index (κ3) is 3.19. The summed E-state index contributed by atoms with van der Waals surface area (Å²) in [6, 6.07) is 13.9. The van der Waals surface area contributed by atoms with Gasteiger partial charge in [0.15, 0.2) is 0 Å². The zero-order valence-corrected chi connectivity index (χ0v) is 12.3. The second-order valence-electron chi connectivity index (χ2n) is 4.83. The summed E-state index contributed by atoms with van der Waals surface area (Å²) in [5.74, 6) is 0.383. The summed E-state index contributed by atoms with van der Waals surface area (Å²) in [7, 11) is 0. The molecule has 1 fully saturated rings. The molecule has 0 spiro atoms. The van der Waals surface area contributed by atoms with Crippen LogP contribution in [-0.2, 0) is 16.1 Å². The number of benzene rings is 2. The second-order valence-corrected chi connectivity index (χ2v) is 5.88. The highest BCUT2D eigenvalue weighted by Gasteiger charge is 2.23. The van der Waals surface area contributed by atoms with Gasteiger partial charge in [-0.25, -0.2) is 0 Å². The number of nitrogens with zero attached hydrogens (tertiary/aromatic N) is 1. The molecule has 3 rings (SSSR count). The monoisotopic (exact) mass is 301 g/mol. The molecule has 1 aliphatic heterocycles. The van der Waals surface area contributed by atoms with Crippen LogP contribution in [-0.4, -0.2) is 35.0 Å². The van der Waals surface area contributed by atoms with E-state index in [-0.39, 0.29) is 24.4 Å². The molecule has 2 aromatic carbocycles. The lowest BCUT2D eigenvalue weighted by Gasteiger charge is -2.14. The number of hydrogen-bond donors (Lipinski definition) is 0. The molecule has 0 aromatic heterocycles. The average molecular weight is 301 g/mol. The lowest BCUT2D eigenvalue weighted by molar-refractivity contribution is -0.145. The highest BCUT2D eigenvalue weighted by Crippen LogP contribution is 2.20. The molecule has 1 amide bonds. The molecule has 2 aromatic rings. The number of ether oxygens (including phenoxy) is 1. The zero-order chi connectivity index (χ0) is 14.7. The van der Waals surface area contributed by atoms with Gasteiger partial charge in [-0.3, -0.25) is 9.59 Å². The van der Waals surface area contributed by atoms with Crippen molar-refractivity contribution < 1.29 is 14.3 Å². The summed E-state index contributed by atoms with van der Waals surface area (Å²) in [6.45, 7) is 0.888. The van der Waals surface area contributed by atoms with Gasteiger partial charge in [-0.2, -0.15) is 0 Å². The fourth-order valence-electron chi connectivity index (χ4n) is 2.35. The standard InChI is InChI=1S/C16H15NO3S/c18-15(10-17-8-9-21-16(17)19)20-11-13-6-3-5-12-4-1-2-7-14(12)13/h1-7H,8-11H2. The van der Waals surface area contributed by atoms with E-state index in [9.17, 15) is 9.59 Å². The third-order valence-electron chi connectivity index (χ3n) is 3.43. The van der Waals surface area contributed by atoms with Crippen molar-refractivity contribution in [2.75, 3.05) is 18.8 Å². The number of rotatable bonds is 4. The Bertz CT molecular complexity index is 681. The quantitative estimate of drug-likeness (QED) is 0.814. The van der Waals surface area contributed by atoms with E-state index in [1.807, 2.05) is 42.5 Å². The molecule has 4 nitrogen and oxygen atoms in total. The van der Waals surface area contributed by atoms with E-state index in [1.165, 1.54) is 16.7 Å². The van der Waals surface area contributed by atoms with Crippen molar-refractivity contribution in [1.29, 1.82) is 0 Å². The Morgan fingerprint density at radius 1 is 1.19 bits per heavy atom. The van der Waals surface area contributed by atoms with Crippen LogP contribution >= 0.6 is 11.8 Å². The second kappa shape index (κ2) is 6.18. The average Bonchev–Trinajstić information content (AvgIpc) is 2.90. The molecule has 0 aliphatic carbocycles. The van der Waals surface area contributed by atoms with E-state index in [0.717, 1.165) is 22.1 Å². The van der Waals surface area contributed by atoms with Gasteiger partial charge in [0.1, 0.15) is 13.2 Å². The number of hydrogen-bond acceptors (Lipinski definition) is 4. The molecule has 1 aliphatic rings. The smallest absolute Gasteiger partial charge is 0.326 e. The van der Waals surface area contributed by atoms with Crippen LogP contribution in [0.3, 0.4) is 0 Å². The van der Waals surface area contributed by atoms with Crippen LogP contribution in [0, 0.1) is 0 Å². The van der Waals surface area contributed by atoms with Crippen molar-refractivity contribution in [2.24, 2.45) is 0 Å². The Morgan fingerprint density at radius 2 is 2.00 bits per heavy atom. The van der Waals surface area contributed by atoms with Crippen LogP contribution in [0.5, 0.6) is 0 Å². The molecule has 108 valence electrons. The van der Waals surface area contributed by atoms with Gasteiger partial charge in [0.2, 0.25) is 0 Å². The first-order valence-corrected chi connectivity index (χ1v) is 7.76. The number of amides is 1. The van der Waals surface area contributed by atoms with Crippen molar-refractivity contribution in [3.05, 3.63) is 48.0 Å². The van der Waals surface area contributed by atoms with Crippen LogP contribution in [0.15, 0.2) is 42.5 Å². The van der Waals surface area contributed by atoms with Gasteiger partial charge in [-0.15, -0.1) is 0 Å². The third-order valence-corrected chi connectivity index (χ3v) is 4.33. The van der Waals surface area contributed by atoms with Crippen molar-refractivity contribution in [2.45, 2.75) is 6.61 Å². The molecule has 0 unspecified atom stereocenters. The minimum atomic E-state index is -0.362. The minimum Gasteiger partial charge on any atom is -0.459 e. The van der Waals surface area contributed by atoms with Gasteiger partial charge in [-0.05, 0) is 16.3 Å². The van der Waals surface area contributed by atoms with Crippen LogP contribution < -0.4 is 0 Å². The van der Waals surface area contributed by atoms with Crippen LogP contribution in [0.1, 0.15) is 5.56 Å². The first-order valence-electron chi connectivity index (χ1n) is 6.78. The predicted molar refractivity (Wildman–Crippen MR) is 83.2 cm³/mol. The largest absolute Gasteiger partial charge is 0.459 e. The first-order chi connectivity index (χ1) is 10.2. The molecule has 0 N–H and O–H groups in total. The zero-order valence-electron chi connectivity index (χ0n) is 11.5. The molecule has 0 atom stereocenters. The normalized spacial score (nSPS) is 14.7. The van der Waals surface area contributed by atoms with Gasteiger partial charge in [0, 0.05) is 12.3 Å². The molecule has 5 heteroatoms. The molecule has 1 saturated heterocycles. The number of carbonyl (C=O) groups is 2. The Morgan fingerprint density at radius 3 is 2.81 bits per heavy atom. The number of esters is 1.